The zero-order valence-corrected chi connectivity index (χ0v) is 12.4. The molecule has 106 valence electrons. The fourth-order valence-corrected chi connectivity index (χ4v) is 2.95. The topological polar surface area (TPSA) is 64.9 Å². The summed E-state index contributed by atoms with van der Waals surface area (Å²) in [5, 5.41) is 15.6. The van der Waals surface area contributed by atoms with Gasteiger partial charge in [0.25, 0.3) is 0 Å². The van der Waals surface area contributed by atoms with E-state index in [1.807, 2.05) is 0 Å². The molecule has 0 aromatic heterocycles. The van der Waals surface area contributed by atoms with E-state index in [1.54, 1.807) is 18.2 Å². The zero-order valence-electron chi connectivity index (χ0n) is 10.9. The highest BCUT2D eigenvalue weighted by molar-refractivity contribution is 6.35. The quantitative estimate of drug-likeness (QED) is 0.853. The third kappa shape index (κ3) is 3.78. The van der Waals surface area contributed by atoms with E-state index in [-0.39, 0.29) is 0 Å². The van der Waals surface area contributed by atoms with Crippen LogP contribution in [-0.2, 0) is 0 Å². The Bertz CT molecular complexity index is 528. The van der Waals surface area contributed by atoms with E-state index in [2.05, 4.69) is 16.7 Å². The van der Waals surface area contributed by atoms with Gasteiger partial charge in [0.05, 0.1) is 6.07 Å². The smallest absolute Gasteiger partial charge is 0.319 e. The number of hydrogen-bond donors (Lipinski definition) is 2. The van der Waals surface area contributed by atoms with E-state index in [9.17, 15) is 10.1 Å². The molecule has 2 rings (SSSR count). The van der Waals surface area contributed by atoms with Crippen LogP contribution >= 0.6 is 23.2 Å². The van der Waals surface area contributed by atoms with Crippen LogP contribution in [0.3, 0.4) is 0 Å². The predicted molar refractivity (Wildman–Crippen MR) is 80.0 cm³/mol. The van der Waals surface area contributed by atoms with Crippen LogP contribution in [-0.4, -0.2) is 11.6 Å². The SMILES string of the molecule is N#CC1(NC(=O)Nc2cc(Cl)cc(Cl)c2)CCCCC1. The van der Waals surface area contributed by atoms with Crippen LogP contribution in [0.15, 0.2) is 18.2 Å². The van der Waals surface area contributed by atoms with Crippen molar-refractivity contribution >= 4 is 34.9 Å². The van der Waals surface area contributed by atoms with Crippen LogP contribution in [0.1, 0.15) is 32.1 Å². The highest BCUT2D eigenvalue weighted by Crippen LogP contribution is 2.28. The Labute approximate surface area is 128 Å². The first-order valence-electron chi connectivity index (χ1n) is 6.49. The van der Waals surface area contributed by atoms with Crippen molar-refractivity contribution in [3.8, 4) is 6.07 Å². The average molecular weight is 312 g/mol. The lowest BCUT2D eigenvalue weighted by molar-refractivity contribution is 0.233. The fraction of sp³-hybridized carbons (Fsp3) is 0.429. The van der Waals surface area contributed by atoms with Gasteiger partial charge in [0.2, 0.25) is 0 Å². The van der Waals surface area contributed by atoms with Gasteiger partial charge in [-0.15, -0.1) is 0 Å². The molecule has 0 heterocycles. The predicted octanol–water partition coefficient (Wildman–Crippen LogP) is 4.34. The Morgan fingerprint density at radius 3 is 2.30 bits per heavy atom. The number of urea groups is 1. The van der Waals surface area contributed by atoms with Gasteiger partial charge in [-0.1, -0.05) is 42.5 Å². The van der Waals surface area contributed by atoms with Crippen molar-refractivity contribution in [1.82, 2.24) is 5.32 Å². The second-order valence-corrected chi connectivity index (χ2v) is 5.86. The lowest BCUT2D eigenvalue weighted by atomic mass is 9.83. The largest absolute Gasteiger partial charge is 0.320 e. The molecule has 0 bridgehead atoms. The van der Waals surface area contributed by atoms with Gasteiger partial charge in [-0.2, -0.15) is 5.26 Å². The summed E-state index contributed by atoms with van der Waals surface area (Å²) >= 11 is 11.7. The Balaban J connectivity index is 2.03. The van der Waals surface area contributed by atoms with Crippen LogP contribution in [0.4, 0.5) is 10.5 Å². The van der Waals surface area contributed by atoms with Crippen molar-refractivity contribution in [1.29, 1.82) is 5.26 Å². The molecule has 6 heteroatoms. The van der Waals surface area contributed by atoms with Crippen molar-refractivity contribution in [2.45, 2.75) is 37.6 Å². The van der Waals surface area contributed by atoms with E-state index >= 15 is 0 Å². The molecule has 0 atom stereocenters. The van der Waals surface area contributed by atoms with Gasteiger partial charge in [0.1, 0.15) is 5.54 Å². The summed E-state index contributed by atoms with van der Waals surface area (Å²) in [6.07, 6.45) is 4.39. The van der Waals surface area contributed by atoms with E-state index in [4.69, 9.17) is 23.2 Å². The molecule has 1 aromatic carbocycles. The highest BCUT2D eigenvalue weighted by Gasteiger charge is 2.33. The molecule has 20 heavy (non-hydrogen) atoms. The molecular formula is C14H15Cl2N3O. The second-order valence-electron chi connectivity index (χ2n) is 4.99. The standard InChI is InChI=1S/C14H15Cl2N3O/c15-10-6-11(16)8-12(7-10)18-13(20)19-14(9-17)4-2-1-3-5-14/h6-8H,1-5H2,(H2,18,19,20). The maximum Gasteiger partial charge on any atom is 0.320 e. The Hall–Kier alpha value is -1.44. The molecule has 0 spiro atoms. The van der Waals surface area contributed by atoms with Crippen LogP contribution in [0.25, 0.3) is 0 Å². The normalized spacial score (nSPS) is 17.1. The maximum atomic E-state index is 12.0. The van der Waals surface area contributed by atoms with Crippen molar-refractivity contribution in [2.75, 3.05) is 5.32 Å². The Morgan fingerprint density at radius 2 is 1.75 bits per heavy atom. The molecule has 0 saturated heterocycles. The van der Waals surface area contributed by atoms with Crippen molar-refractivity contribution < 1.29 is 4.79 Å². The van der Waals surface area contributed by atoms with Gasteiger partial charge in [-0.3, -0.25) is 0 Å². The number of carbonyl (C=O) groups excluding carboxylic acids is 1. The van der Waals surface area contributed by atoms with Crippen LogP contribution in [0.2, 0.25) is 10.0 Å². The molecule has 4 nitrogen and oxygen atoms in total. The third-order valence-electron chi connectivity index (χ3n) is 3.39. The number of anilines is 1. The van der Waals surface area contributed by atoms with Crippen molar-refractivity contribution in [2.24, 2.45) is 0 Å². The summed E-state index contributed by atoms with van der Waals surface area (Å²) in [5.74, 6) is 0. The van der Waals surface area contributed by atoms with E-state index < -0.39 is 11.6 Å². The summed E-state index contributed by atoms with van der Waals surface area (Å²) in [5.41, 5.74) is -0.256. The summed E-state index contributed by atoms with van der Waals surface area (Å²) in [6, 6.07) is 6.62. The number of benzene rings is 1. The van der Waals surface area contributed by atoms with Gasteiger partial charge in [-0.25, -0.2) is 4.79 Å². The van der Waals surface area contributed by atoms with Crippen LogP contribution < -0.4 is 10.6 Å². The third-order valence-corrected chi connectivity index (χ3v) is 3.83. The van der Waals surface area contributed by atoms with Gasteiger partial charge < -0.3 is 10.6 Å². The number of carbonyl (C=O) groups is 1. The minimum absolute atomic E-state index is 0.410. The summed E-state index contributed by atoms with van der Waals surface area (Å²) in [7, 11) is 0. The van der Waals surface area contributed by atoms with Gasteiger partial charge in [0.15, 0.2) is 0 Å². The van der Waals surface area contributed by atoms with Crippen molar-refractivity contribution in [3.05, 3.63) is 28.2 Å². The van der Waals surface area contributed by atoms with E-state index in [0.717, 1.165) is 19.3 Å². The second kappa shape index (κ2) is 6.34. The maximum absolute atomic E-state index is 12.0. The van der Waals surface area contributed by atoms with Crippen LogP contribution in [0, 0.1) is 11.3 Å². The molecule has 2 amide bonds. The number of hydrogen-bond acceptors (Lipinski definition) is 2. The molecule has 1 saturated carbocycles. The van der Waals surface area contributed by atoms with Gasteiger partial charge in [0, 0.05) is 15.7 Å². The number of amides is 2. The molecule has 0 aliphatic heterocycles. The molecule has 1 aliphatic carbocycles. The molecule has 0 unspecified atom stereocenters. The fourth-order valence-electron chi connectivity index (χ4n) is 2.43. The number of rotatable bonds is 2. The minimum Gasteiger partial charge on any atom is -0.319 e. The molecular weight excluding hydrogens is 297 g/mol. The number of nitrogens with zero attached hydrogens (tertiary/aromatic N) is 1. The minimum atomic E-state index is -0.759. The Kier molecular flexibility index (Phi) is 4.74. The number of nitriles is 1. The first-order chi connectivity index (χ1) is 9.53. The van der Waals surface area contributed by atoms with E-state index in [1.165, 1.54) is 0 Å². The number of nitrogens with one attached hydrogen (secondary N) is 2. The molecule has 1 fully saturated rings. The lowest BCUT2D eigenvalue weighted by Gasteiger charge is -2.31. The molecule has 0 radical (unpaired) electrons. The van der Waals surface area contributed by atoms with Gasteiger partial charge >= 0.3 is 6.03 Å². The Morgan fingerprint density at radius 1 is 1.15 bits per heavy atom. The lowest BCUT2D eigenvalue weighted by Crippen LogP contribution is -2.50. The van der Waals surface area contributed by atoms with Crippen molar-refractivity contribution in [3.63, 3.8) is 0 Å². The summed E-state index contributed by atoms with van der Waals surface area (Å²) in [6.45, 7) is 0. The molecule has 1 aliphatic rings. The molecule has 2 N–H and O–H groups in total. The highest BCUT2D eigenvalue weighted by atomic mass is 35.5. The first kappa shape index (κ1) is 15.0. The van der Waals surface area contributed by atoms with Gasteiger partial charge in [-0.05, 0) is 31.0 Å². The zero-order chi connectivity index (χ0) is 14.6. The summed E-state index contributed by atoms with van der Waals surface area (Å²) < 4.78 is 0. The first-order valence-corrected chi connectivity index (χ1v) is 7.25. The molecule has 1 aromatic rings. The van der Waals surface area contributed by atoms with Crippen LogP contribution in [0.5, 0.6) is 0 Å². The van der Waals surface area contributed by atoms with E-state index in [0.29, 0.717) is 28.6 Å². The average Bonchev–Trinajstić information content (AvgIpc) is 2.38. The number of halogens is 2. The monoisotopic (exact) mass is 311 g/mol. The summed E-state index contributed by atoms with van der Waals surface area (Å²) in [4.78, 5) is 12.0.